The van der Waals surface area contributed by atoms with Crippen molar-refractivity contribution in [3.05, 3.63) is 42.0 Å². The first-order valence-electron chi connectivity index (χ1n) is 5.27. The highest BCUT2D eigenvalue weighted by molar-refractivity contribution is 5.87. The number of hydrogen-bond donors (Lipinski definition) is 1. The summed E-state index contributed by atoms with van der Waals surface area (Å²) in [4.78, 5) is 11.1. The third-order valence-electron chi connectivity index (χ3n) is 2.84. The van der Waals surface area contributed by atoms with Gasteiger partial charge in [-0.1, -0.05) is 36.4 Å². The van der Waals surface area contributed by atoms with E-state index in [4.69, 9.17) is 5.11 Å². The van der Waals surface area contributed by atoms with Gasteiger partial charge in [-0.2, -0.15) is 0 Å². The molecule has 2 rings (SSSR count). The van der Waals surface area contributed by atoms with E-state index in [0.29, 0.717) is 0 Å². The monoisotopic (exact) mass is 202 g/mol. The molecular weight excluding hydrogens is 188 g/mol. The first-order valence-corrected chi connectivity index (χ1v) is 5.27. The third-order valence-corrected chi connectivity index (χ3v) is 2.84. The van der Waals surface area contributed by atoms with Crippen LogP contribution in [-0.2, 0) is 4.79 Å². The molecular formula is C13H14O2. The van der Waals surface area contributed by atoms with E-state index < -0.39 is 5.97 Å². The van der Waals surface area contributed by atoms with Gasteiger partial charge in [0.25, 0.3) is 0 Å². The number of carbonyl (C=O) groups is 1. The van der Waals surface area contributed by atoms with Crippen LogP contribution in [0.15, 0.2) is 36.4 Å². The molecule has 0 aliphatic heterocycles. The Bertz CT molecular complexity index is 379. The molecule has 0 radical (unpaired) electrons. The zero-order valence-electron chi connectivity index (χ0n) is 8.52. The maximum absolute atomic E-state index is 11.1. The van der Waals surface area contributed by atoms with Crippen molar-refractivity contribution in [1.29, 1.82) is 0 Å². The fraction of sp³-hybridized carbons (Fsp3) is 0.308. The summed E-state index contributed by atoms with van der Waals surface area (Å²) in [5.41, 5.74) is 2.03. The van der Waals surface area contributed by atoms with Crippen LogP contribution in [-0.4, -0.2) is 11.1 Å². The summed E-state index contributed by atoms with van der Waals surface area (Å²) in [7, 11) is 0. The predicted molar refractivity (Wildman–Crippen MR) is 59.4 cm³/mol. The van der Waals surface area contributed by atoms with Crippen LogP contribution >= 0.6 is 0 Å². The van der Waals surface area contributed by atoms with E-state index in [1.807, 2.05) is 30.3 Å². The second-order valence-corrected chi connectivity index (χ2v) is 3.85. The molecule has 2 nitrogen and oxygen atoms in total. The van der Waals surface area contributed by atoms with Crippen LogP contribution in [0.2, 0.25) is 0 Å². The summed E-state index contributed by atoms with van der Waals surface area (Å²) in [6, 6.07) is 9.80. The van der Waals surface area contributed by atoms with Crippen molar-refractivity contribution < 1.29 is 9.90 Å². The fourth-order valence-corrected chi connectivity index (χ4v) is 2.08. The molecule has 0 aromatic heterocycles. The van der Waals surface area contributed by atoms with Crippen LogP contribution in [0, 0.1) is 5.92 Å². The van der Waals surface area contributed by atoms with Crippen molar-refractivity contribution in [2.45, 2.75) is 19.3 Å². The van der Waals surface area contributed by atoms with Crippen LogP contribution in [0.4, 0.5) is 0 Å². The molecule has 0 fully saturated rings. The second kappa shape index (κ2) is 4.30. The molecule has 1 aromatic rings. The van der Waals surface area contributed by atoms with Gasteiger partial charge in [-0.3, -0.25) is 4.79 Å². The molecule has 1 aliphatic carbocycles. The van der Waals surface area contributed by atoms with E-state index in [1.54, 1.807) is 0 Å². The van der Waals surface area contributed by atoms with Gasteiger partial charge in [0, 0.05) is 0 Å². The molecule has 1 unspecified atom stereocenters. The van der Waals surface area contributed by atoms with Crippen molar-refractivity contribution >= 4 is 11.5 Å². The Balaban J connectivity index is 2.34. The molecule has 1 aromatic carbocycles. The van der Waals surface area contributed by atoms with Crippen molar-refractivity contribution in [3.63, 3.8) is 0 Å². The largest absolute Gasteiger partial charge is 0.481 e. The molecule has 0 bridgehead atoms. The molecule has 2 heteroatoms. The number of aliphatic carboxylic acids is 1. The zero-order valence-corrected chi connectivity index (χ0v) is 8.52. The zero-order chi connectivity index (χ0) is 10.7. The summed E-state index contributed by atoms with van der Waals surface area (Å²) in [5.74, 6) is -1.02. The van der Waals surface area contributed by atoms with Crippen LogP contribution in [0.3, 0.4) is 0 Å². The molecule has 0 amide bonds. The van der Waals surface area contributed by atoms with E-state index >= 15 is 0 Å². The molecule has 0 saturated heterocycles. The maximum atomic E-state index is 11.1. The molecule has 0 saturated carbocycles. The Labute approximate surface area is 89.2 Å². The minimum Gasteiger partial charge on any atom is -0.481 e. The van der Waals surface area contributed by atoms with Crippen LogP contribution < -0.4 is 0 Å². The lowest BCUT2D eigenvalue weighted by Crippen LogP contribution is -2.17. The number of carboxylic acids is 1. The second-order valence-electron chi connectivity index (χ2n) is 3.85. The molecule has 78 valence electrons. The van der Waals surface area contributed by atoms with E-state index in [-0.39, 0.29) is 5.92 Å². The number of allylic oxidation sites excluding steroid dienone is 1. The topological polar surface area (TPSA) is 37.3 Å². The van der Waals surface area contributed by atoms with Gasteiger partial charge in [-0.15, -0.1) is 0 Å². The molecule has 1 aliphatic rings. The lowest BCUT2D eigenvalue weighted by atomic mass is 9.84. The quantitative estimate of drug-likeness (QED) is 0.800. The van der Waals surface area contributed by atoms with Gasteiger partial charge < -0.3 is 5.11 Å². The van der Waals surface area contributed by atoms with Crippen LogP contribution in [0.5, 0.6) is 0 Å². The van der Waals surface area contributed by atoms with Gasteiger partial charge in [0.15, 0.2) is 0 Å². The number of rotatable bonds is 2. The first-order chi connectivity index (χ1) is 7.29. The van der Waals surface area contributed by atoms with Crippen LogP contribution in [0.1, 0.15) is 24.8 Å². The van der Waals surface area contributed by atoms with Gasteiger partial charge in [0.2, 0.25) is 0 Å². The van der Waals surface area contributed by atoms with Crippen molar-refractivity contribution in [2.24, 2.45) is 5.92 Å². The van der Waals surface area contributed by atoms with Gasteiger partial charge in [-0.25, -0.2) is 0 Å². The van der Waals surface area contributed by atoms with Gasteiger partial charge in [-0.05, 0) is 30.4 Å². The average molecular weight is 202 g/mol. The lowest BCUT2D eigenvalue weighted by Gasteiger charge is -2.20. The molecule has 0 heterocycles. The SMILES string of the molecule is O=C(O)C1CCCC=C1c1ccccc1. The highest BCUT2D eigenvalue weighted by Crippen LogP contribution is 2.32. The summed E-state index contributed by atoms with van der Waals surface area (Å²) < 4.78 is 0. The minimum absolute atomic E-state index is 0.318. The molecule has 1 N–H and O–H groups in total. The fourth-order valence-electron chi connectivity index (χ4n) is 2.08. The standard InChI is InChI=1S/C13H14O2/c14-13(15)12-9-5-4-8-11(12)10-6-2-1-3-7-10/h1-3,6-8,12H,4-5,9H2,(H,14,15). The Morgan fingerprint density at radius 1 is 1.27 bits per heavy atom. The molecule has 1 atom stereocenters. The Kier molecular flexibility index (Phi) is 2.86. The average Bonchev–Trinajstić information content (AvgIpc) is 2.30. The Morgan fingerprint density at radius 2 is 2.00 bits per heavy atom. The third kappa shape index (κ3) is 2.09. The van der Waals surface area contributed by atoms with Crippen molar-refractivity contribution in [1.82, 2.24) is 0 Å². The summed E-state index contributed by atoms with van der Waals surface area (Å²) in [5, 5.41) is 9.13. The summed E-state index contributed by atoms with van der Waals surface area (Å²) in [6.07, 6.45) is 4.80. The summed E-state index contributed by atoms with van der Waals surface area (Å²) in [6.45, 7) is 0. The van der Waals surface area contributed by atoms with Gasteiger partial charge in [0.05, 0.1) is 5.92 Å². The highest BCUT2D eigenvalue weighted by Gasteiger charge is 2.25. The number of carboxylic acid groups (broad SMARTS) is 1. The normalized spacial score (nSPS) is 20.8. The number of benzene rings is 1. The van der Waals surface area contributed by atoms with E-state index in [9.17, 15) is 4.79 Å². The lowest BCUT2D eigenvalue weighted by molar-refractivity contribution is -0.139. The van der Waals surface area contributed by atoms with Crippen LogP contribution in [0.25, 0.3) is 5.57 Å². The first kappa shape index (κ1) is 9.97. The summed E-state index contributed by atoms with van der Waals surface area (Å²) >= 11 is 0. The minimum atomic E-state index is -0.704. The van der Waals surface area contributed by atoms with Crippen molar-refractivity contribution in [2.75, 3.05) is 0 Å². The predicted octanol–water partition coefficient (Wildman–Crippen LogP) is 2.95. The highest BCUT2D eigenvalue weighted by atomic mass is 16.4. The van der Waals surface area contributed by atoms with Crippen molar-refractivity contribution in [3.8, 4) is 0 Å². The maximum Gasteiger partial charge on any atom is 0.310 e. The Morgan fingerprint density at radius 3 is 2.67 bits per heavy atom. The molecule has 15 heavy (non-hydrogen) atoms. The van der Waals surface area contributed by atoms with Gasteiger partial charge in [0.1, 0.15) is 0 Å². The molecule has 0 spiro atoms. The Hall–Kier alpha value is -1.57. The van der Waals surface area contributed by atoms with Gasteiger partial charge >= 0.3 is 5.97 Å². The van der Waals surface area contributed by atoms with E-state index in [0.717, 1.165) is 30.4 Å². The number of hydrogen-bond acceptors (Lipinski definition) is 1. The smallest absolute Gasteiger partial charge is 0.310 e. The van der Waals surface area contributed by atoms with E-state index in [2.05, 4.69) is 6.08 Å². The van der Waals surface area contributed by atoms with E-state index in [1.165, 1.54) is 0 Å².